The number of hydrogen-bond acceptors (Lipinski definition) is 1. The van der Waals surface area contributed by atoms with E-state index < -0.39 is 5.97 Å². The molecule has 3 heteroatoms. The molecule has 68 valence electrons. The Kier molecular flexibility index (Phi) is 3.23. The molecule has 0 aliphatic heterocycles. The molecule has 0 unspecified atom stereocenters. The van der Waals surface area contributed by atoms with Crippen molar-refractivity contribution in [2.24, 2.45) is 0 Å². The predicted octanol–water partition coefficient (Wildman–Crippen LogP) is 0.396. The summed E-state index contributed by atoms with van der Waals surface area (Å²) < 4.78 is 0. The third kappa shape index (κ3) is 2.72. The van der Waals surface area contributed by atoms with Gasteiger partial charge in [-0.15, -0.1) is 0 Å². The molecule has 0 amide bonds. The highest BCUT2D eigenvalue weighted by Gasteiger charge is 2.05. The molecule has 0 heterocycles. The first-order valence-electron chi connectivity index (χ1n) is 4.02. The number of carboxylic acid groups (broad SMARTS) is 1. The summed E-state index contributed by atoms with van der Waals surface area (Å²) >= 11 is 0. The van der Waals surface area contributed by atoms with E-state index in [9.17, 15) is 4.79 Å². The van der Waals surface area contributed by atoms with E-state index in [0.717, 1.165) is 5.56 Å². The van der Waals surface area contributed by atoms with E-state index in [4.69, 9.17) is 5.11 Å². The second-order valence-corrected chi connectivity index (χ2v) is 2.64. The zero-order valence-corrected chi connectivity index (χ0v) is 7.23. The summed E-state index contributed by atoms with van der Waals surface area (Å²) in [4.78, 5) is 10.6. The van der Waals surface area contributed by atoms with Crippen molar-refractivity contribution >= 4 is 12.0 Å². The van der Waals surface area contributed by atoms with Gasteiger partial charge in [-0.2, -0.15) is 0 Å². The fraction of sp³-hybridized carbons (Fsp3) is 0.100. The fourth-order valence-electron chi connectivity index (χ4n) is 0.991. The van der Waals surface area contributed by atoms with Crippen LogP contribution in [0.1, 0.15) is 5.56 Å². The Labute approximate surface area is 76.5 Å². The van der Waals surface area contributed by atoms with Crippen molar-refractivity contribution in [3.05, 3.63) is 41.5 Å². The van der Waals surface area contributed by atoms with E-state index in [1.54, 1.807) is 6.08 Å². The van der Waals surface area contributed by atoms with Gasteiger partial charge in [0.25, 0.3) is 0 Å². The zero-order valence-electron chi connectivity index (χ0n) is 7.23. The molecule has 0 bridgehead atoms. The van der Waals surface area contributed by atoms with Gasteiger partial charge in [0.15, 0.2) is 0 Å². The highest BCUT2D eigenvalue weighted by atomic mass is 16.4. The average molecular weight is 178 g/mol. The van der Waals surface area contributed by atoms with E-state index in [2.05, 4.69) is 5.73 Å². The van der Waals surface area contributed by atoms with E-state index in [1.807, 2.05) is 30.3 Å². The van der Waals surface area contributed by atoms with Crippen molar-refractivity contribution in [2.75, 3.05) is 6.54 Å². The number of quaternary nitrogens is 1. The molecule has 3 nitrogen and oxygen atoms in total. The van der Waals surface area contributed by atoms with E-state index >= 15 is 0 Å². The molecule has 0 saturated heterocycles. The van der Waals surface area contributed by atoms with Crippen LogP contribution in [0.3, 0.4) is 0 Å². The molecule has 0 aliphatic carbocycles. The Morgan fingerprint density at radius 3 is 2.46 bits per heavy atom. The molecule has 0 spiro atoms. The molecule has 1 aromatic rings. The third-order valence-corrected chi connectivity index (χ3v) is 1.68. The highest BCUT2D eigenvalue weighted by Crippen LogP contribution is 2.04. The molecule has 0 saturated carbocycles. The molecular weight excluding hydrogens is 166 g/mol. The van der Waals surface area contributed by atoms with Crippen LogP contribution in [0.4, 0.5) is 0 Å². The van der Waals surface area contributed by atoms with Gasteiger partial charge in [-0.3, -0.25) is 0 Å². The third-order valence-electron chi connectivity index (χ3n) is 1.68. The molecule has 0 fully saturated rings. The Morgan fingerprint density at radius 2 is 2.00 bits per heavy atom. The Hall–Kier alpha value is -1.61. The lowest BCUT2D eigenvalue weighted by Crippen LogP contribution is -2.52. The van der Waals surface area contributed by atoms with Crippen molar-refractivity contribution in [1.29, 1.82) is 0 Å². The van der Waals surface area contributed by atoms with Gasteiger partial charge in [-0.1, -0.05) is 30.3 Å². The molecule has 1 rings (SSSR count). The van der Waals surface area contributed by atoms with Crippen molar-refractivity contribution in [3.8, 4) is 0 Å². The van der Waals surface area contributed by atoms with E-state index in [-0.39, 0.29) is 0 Å². The maximum absolute atomic E-state index is 10.6. The maximum Gasteiger partial charge on any atom is 0.337 e. The largest absolute Gasteiger partial charge is 0.478 e. The quantitative estimate of drug-likeness (QED) is 0.658. The fourth-order valence-corrected chi connectivity index (χ4v) is 0.991. The first-order valence-corrected chi connectivity index (χ1v) is 4.02. The molecule has 0 aromatic heterocycles. The minimum absolute atomic E-state index is 0.296. The normalized spacial score (nSPS) is 11.3. The summed E-state index contributed by atoms with van der Waals surface area (Å²) in [7, 11) is 0. The smallest absolute Gasteiger partial charge is 0.337 e. The molecular formula is C10H12NO2+. The molecule has 13 heavy (non-hydrogen) atoms. The summed E-state index contributed by atoms with van der Waals surface area (Å²) in [5.41, 5.74) is 4.77. The number of benzene rings is 1. The van der Waals surface area contributed by atoms with Gasteiger partial charge >= 0.3 is 5.97 Å². The molecule has 0 aliphatic rings. The van der Waals surface area contributed by atoms with Crippen molar-refractivity contribution in [2.45, 2.75) is 0 Å². The van der Waals surface area contributed by atoms with E-state index in [0.29, 0.717) is 12.1 Å². The molecule has 0 atom stereocenters. The van der Waals surface area contributed by atoms with Crippen LogP contribution in [0.25, 0.3) is 6.08 Å². The van der Waals surface area contributed by atoms with Crippen molar-refractivity contribution < 1.29 is 15.6 Å². The van der Waals surface area contributed by atoms with Crippen LogP contribution in [0.2, 0.25) is 0 Å². The first kappa shape index (κ1) is 9.48. The van der Waals surface area contributed by atoms with Gasteiger partial charge in [-0.05, 0) is 11.6 Å². The van der Waals surface area contributed by atoms with Crippen LogP contribution in [-0.2, 0) is 4.79 Å². The standard InChI is InChI=1S/C10H11NO2/c11-7-9(10(12)13)6-8-4-2-1-3-5-8/h1-6H,7,11H2,(H,12,13)/p+1/b9-6+. The van der Waals surface area contributed by atoms with Gasteiger partial charge in [0.1, 0.15) is 6.54 Å². The number of rotatable bonds is 3. The Morgan fingerprint density at radius 1 is 1.38 bits per heavy atom. The van der Waals surface area contributed by atoms with E-state index in [1.165, 1.54) is 0 Å². The Bertz CT molecular complexity index is 317. The lowest BCUT2D eigenvalue weighted by Gasteiger charge is -1.95. The maximum atomic E-state index is 10.6. The van der Waals surface area contributed by atoms with Gasteiger partial charge in [-0.25, -0.2) is 4.79 Å². The van der Waals surface area contributed by atoms with Gasteiger partial charge in [0.05, 0.1) is 5.57 Å². The lowest BCUT2D eigenvalue weighted by molar-refractivity contribution is -0.355. The van der Waals surface area contributed by atoms with Crippen molar-refractivity contribution in [1.82, 2.24) is 0 Å². The van der Waals surface area contributed by atoms with Crippen LogP contribution in [0.5, 0.6) is 0 Å². The first-order chi connectivity index (χ1) is 6.24. The second kappa shape index (κ2) is 4.42. The molecule has 4 N–H and O–H groups in total. The number of carbonyl (C=O) groups is 1. The minimum atomic E-state index is -0.904. The predicted molar refractivity (Wildman–Crippen MR) is 49.8 cm³/mol. The van der Waals surface area contributed by atoms with Crippen LogP contribution >= 0.6 is 0 Å². The monoisotopic (exact) mass is 178 g/mol. The summed E-state index contributed by atoms with van der Waals surface area (Å²) in [6.45, 7) is 0.296. The van der Waals surface area contributed by atoms with Crippen molar-refractivity contribution in [3.63, 3.8) is 0 Å². The average Bonchev–Trinajstić information content (AvgIpc) is 2.15. The minimum Gasteiger partial charge on any atom is -0.478 e. The lowest BCUT2D eigenvalue weighted by atomic mass is 10.1. The summed E-state index contributed by atoms with van der Waals surface area (Å²) in [6, 6.07) is 9.35. The topological polar surface area (TPSA) is 64.9 Å². The molecule has 1 aromatic carbocycles. The molecule has 0 radical (unpaired) electrons. The SMILES string of the molecule is [NH3+]C/C(=C\c1ccccc1)C(=O)O. The van der Waals surface area contributed by atoms with Gasteiger partial charge < -0.3 is 10.8 Å². The summed E-state index contributed by atoms with van der Waals surface area (Å²) in [5, 5.41) is 8.73. The number of aliphatic carboxylic acids is 1. The van der Waals surface area contributed by atoms with Gasteiger partial charge in [0.2, 0.25) is 0 Å². The highest BCUT2D eigenvalue weighted by molar-refractivity contribution is 5.92. The van der Waals surface area contributed by atoms with Crippen LogP contribution < -0.4 is 5.73 Å². The van der Waals surface area contributed by atoms with Gasteiger partial charge in [0, 0.05) is 0 Å². The summed E-state index contributed by atoms with van der Waals surface area (Å²) in [6.07, 6.45) is 1.63. The summed E-state index contributed by atoms with van der Waals surface area (Å²) in [5.74, 6) is -0.904. The Balaban J connectivity index is 2.92. The number of hydrogen-bond donors (Lipinski definition) is 2. The number of carboxylic acids is 1. The second-order valence-electron chi connectivity index (χ2n) is 2.64. The van der Waals surface area contributed by atoms with Crippen LogP contribution in [-0.4, -0.2) is 17.6 Å². The zero-order chi connectivity index (χ0) is 9.68. The van der Waals surface area contributed by atoms with Crippen LogP contribution in [0, 0.1) is 0 Å². The van der Waals surface area contributed by atoms with Crippen LogP contribution in [0.15, 0.2) is 35.9 Å².